The van der Waals surface area contributed by atoms with Gasteiger partial charge in [0.25, 0.3) is 0 Å². The number of rotatable bonds is 4. The summed E-state index contributed by atoms with van der Waals surface area (Å²) in [6, 6.07) is 16.4. The number of methoxy groups -OCH3 is 1. The van der Waals surface area contributed by atoms with E-state index in [2.05, 4.69) is 59.8 Å². The lowest BCUT2D eigenvalue weighted by molar-refractivity contribution is 0.414. The highest BCUT2D eigenvalue weighted by Crippen LogP contribution is 2.31. The first kappa shape index (κ1) is 18.0. The van der Waals surface area contributed by atoms with Crippen LogP contribution in [0.1, 0.15) is 26.3 Å². The zero-order valence-electron chi connectivity index (χ0n) is 16.3. The molecular formula is C21H26N4O. The smallest absolute Gasteiger partial charge is 0.231 e. The molecule has 3 rings (SSSR count). The Morgan fingerprint density at radius 3 is 2.35 bits per heavy atom. The van der Waals surface area contributed by atoms with Crippen LogP contribution in [0.25, 0.3) is 17.1 Å². The number of aromatic nitrogens is 3. The second kappa shape index (κ2) is 6.83. The van der Waals surface area contributed by atoms with Gasteiger partial charge in [0.1, 0.15) is 5.75 Å². The van der Waals surface area contributed by atoms with Crippen LogP contribution >= 0.6 is 0 Å². The van der Waals surface area contributed by atoms with E-state index < -0.39 is 0 Å². The van der Waals surface area contributed by atoms with Gasteiger partial charge >= 0.3 is 0 Å². The van der Waals surface area contributed by atoms with Crippen molar-refractivity contribution in [3.63, 3.8) is 0 Å². The van der Waals surface area contributed by atoms with Crippen LogP contribution in [-0.4, -0.2) is 36.0 Å². The molecule has 0 unspecified atom stereocenters. The Balaban J connectivity index is 2.21. The van der Waals surface area contributed by atoms with Gasteiger partial charge in [-0.2, -0.15) is 0 Å². The van der Waals surface area contributed by atoms with E-state index in [9.17, 15) is 0 Å². The van der Waals surface area contributed by atoms with Crippen LogP contribution in [0.3, 0.4) is 0 Å². The summed E-state index contributed by atoms with van der Waals surface area (Å²) in [5, 5.41) is 8.91. The molecule has 0 spiro atoms. The van der Waals surface area contributed by atoms with Crippen molar-refractivity contribution in [1.82, 2.24) is 14.8 Å². The summed E-state index contributed by atoms with van der Waals surface area (Å²) >= 11 is 0. The fraction of sp³-hybridized carbons (Fsp3) is 0.333. The van der Waals surface area contributed by atoms with Crippen molar-refractivity contribution in [3.8, 4) is 22.8 Å². The first-order valence-electron chi connectivity index (χ1n) is 8.69. The molecule has 0 saturated carbocycles. The second-order valence-corrected chi connectivity index (χ2v) is 7.59. The Kier molecular flexibility index (Phi) is 4.72. The van der Waals surface area contributed by atoms with Crippen molar-refractivity contribution in [2.75, 3.05) is 26.1 Å². The van der Waals surface area contributed by atoms with E-state index >= 15 is 0 Å². The van der Waals surface area contributed by atoms with Crippen molar-refractivity contribution in [2.45, 2.75) is 26.2 Å². The Labute approximate surface area is 155 Å². The third-order valence-corrected chi connectivity index (χ3v) is 4.34. The molecule has 0 N–H and O–H groups in total. The van der Waals surface area contributed by atoms with Gasteiger partial charge in [0.05, 0.1) is 12.8 Å². The predicted octanol–water partition coefficient (Wildman–Crippen LogP) is 4.31. The van der Waals surface area contributed by atoms with Crippen molar-refractivity contribution in [3.05, 3.63) is 54.1 Å². The van der Waals surface area contributed by atoms with Gasteiger partial charge in [-0.15, -0.1) is 10.2 Å². The molecule has 3 aromatic rings. The van der Waals surface area contributed by atoms with Gasteiger partial charge in [-0.05, 0) is 29.2 Å². The number of benzene rings is 2. The number of nitrogens with zero attached hydrogens (tertiary/aromatic N) is 4. The molecule has 0 aliphatic carbocycles. The topological polar surface area (TPSA) is 43.2 Å². The lowest BCUT2D eigenvalue weighted by atomic mass is 9.86. The number of anilines is 1. The molecule has 5 heteroatoms. The van der Waals surface area contributed by atoms with Crippen molar-refractivity contribution >= 4 is 5.95 Å². The van der Waals surface area contributed by atoms with Crippen molar-refractivity contribution in [2.24, 2.45) is 0 Å². The van der Waals surface area contributed by atoms with Crippen LogP contribution in [0.5, 0.6) is 5.75 Å². The standard InChI is InChI=1S/C21H26N4O/c1-21(2,3)16-10-7-9-15(13-16)19-22-23-20(24(4)5)25(19)17-11-8-12-18(14-17)26-6/h7-14H,1-6H3. The monoisotopic (exact) mass is 350 g/mol. The number of hydrogen-bond donors (Lipinski definition) is 0. The Morgan fingerprint density at radius 2 is 1.69 bits per heavy atom. The summed E-state index contributed by atoms with van der Waals surface area (Å²) in [4.78, 5) is 1.96. The molecule has 0 bridgehead atoms. The normalized spacial score (nSPS) is 11.5. The highest BCUT2D eigenvalue weighted by molar-refractivity contribution is 5.63. The van der Waals surface area contributed by atoms with Gasteiger partial charge in [0, 0.05) is 25.7 Å². The van der Waals surface area contributed by atoms with Crippen LogP contribution in [0.4, 0.5) is 5.95 Å². The summed E-state index contributed by atoms with van der Waals surface area (Å²) in [6.07, 6.45) is 0. The minimum atomic E-state index is 0.0706. The Morgan fingerprint density at radius 1 is 0.962 bits per heavy atom. The number of ether oxygens (including phenoxy) is 1. The summed E-state index contributed by atoms with van der Waals surface area (Å²) in [5.41, 5.74) is 3.35. The zero-order valence-corrected chi connectivity index (χ0v) is 16.3. The van der Waals surface area contributed by atoms with E-state index in [0.29, 0.717) is 0 Å². The molecule has 0 radical (unpaired) electrons. The highest BCUT2D eigenvalue weighted by atomic mass is 16.5. The van der Waals surface area contributed by atoms with Crippen LogP contribution in [0, 0.1) is 0 Å². The number of hydrogen-bond acceptors (Lipinski definition) is 4. The molecule has 0 aliphatic rings. The maximum atomic E-state index is 5.39. The molecule has 0 atom stereocenters. The van der Waals surface area contributed by atoms with E-state index in [1.165, 1.54) is 5.56 Å². The lowest BCUT2D eigenvalue weighted by Crippen LogP contribution is -2.15. The molecule has 1 heterocycles. The molecule has 2 aromatic carbocycles. The molecule has 0 saturated heterocycles. The third kappa shape index (κ3) is 3.43. The Bertz CT molecular complexity index is 906. The molecule has 26 heavy (non-hydrogen) atoms. The van der Waals surface area contributed by atoms with E-state index in [1.54, 1.807) is 7.11 Å². The average Bonchev–Trinajstić information content (AvgIpc) is 3.06. The lowest BCUT2D eigenvalue weighted by Gasteiger charge is -2.20. The van der Waals surface area contributed by atoms with E-state index in [-0.39, 0.29) is 5.41 Å². The SMILES string of the molecule is COc1cccc(-n2c(-c3cccc(C(C)(C)C)c3)nnc2N(C)C)c1. The average molecular weight is 350 g/mol. The van der Waals surface area contributed by atoms with Crippen LogP contribution in [-0.2, 0) is 5.41 Å². The van der Waals surface area contributed by atoms with Crippen LogP contribution < -0.4 is 9.64 Å². The molecule has 0 fully saturated rings. The molecular weight excluding hydrogens is 324 g/mol. The maximum Gasteiger partial charge on any atom is 0.231 e. The zero-order chi connectivity index (χ0) is 18.9. The first-order chi connectivity index (χ1) is 12.3. The molecule has 136 valence electrons. The highest BCUT2D eigenvalue weighted by Gasteiger charge is 2.20. The van der Waals surface area contributed by atoms with Gasteiger partial charge in [-0.1, -0.05) is 45.0 Å². The van der Waals surface area contributed by atoms with Crippen molar-refractivity contribution in [1.29, 1.82) is 0 Å². The minimum Gasteiger partial charge on any atom is -0.497 e. The molecule has 0 amide bonds. The fourth-order valence-electron chi connectivity index (χ4n) is 2.86. The summed E-state index contributed by atoms with van der Waals surface area (Å²) in [6.45, 7) is 6.64. The quantitative estimate of drug-likeness (QED) is 0.703. The largest absolute Gasteiger partial charge is 0.497 e. The molecule has 0 aliphatic heterocycles. The van der Waals surface area contributed by atoms with Gasteiger partial charge < -0.3 is 9.64 Å². The maximum absolute atomic E-state index is 5.39. The predicted molar refractivity (Wildman–Crippen MR) is 106 cm³/mol. The molecule has 1 aromatic heterocycles. The van der Waals surface area contributed by atoms with Crippen LogP contribution in [0.15, 0.2) is 48.5 Å². The van der Waals surface area contributed by atoms with Gasteiger partial charge in [-0.3, -0.25) is 4.57 Å². The second-order valence-electron chi connectivity index (χ2n) is 7.59. The van der Waals surface area contributed by atoms with Gasteiger partial charge in [0.2, 0.25) is 5.95 Å². The van der Waals surface area contributed by atoms with Gasteiger partial charge in [-0.25, -0.2) is 0 Å². The molecule has 5 nitrogen and oxygen atoms in total. The third-order valence-electron chi connectivity index (χ3n) is 4.34. The fourth-order valence-corrected chi connectivity index (χ4v) is 2.86. The van der Waals surface area contributed by atoms with E-state index in [4.69, 9.17) is 4.74 Å². The minimum absolute atomic E-state index is 0.0706. The first-order valence-corrected chi connectivity index (χ1v) is 8.69. The van der Waals surface area contributed by atoms with Crippen LogP contribution in [0.2, 0.25) is 0 Å². The summed E-state index contributed by atoms with van der Waals surface area (Å²) in [5.74, 6) is 2.39. The summed E-state index contributed by atoms with van der Waals surface area (Å²) in [7, 11) is 5.61. The van der Waals surface area contributed by atoms with Gasteiger partial charge in [0.15, 0.2) is 5.82 Å². The van der Waals surface area contributed by atoms with Crippen molar-refractivity contribution < 1.29 is 4.74 Å². The van der Waals surface area contributed by atoms with E-state index in [0.717, 1.165) is 28.8 Å². The summed E-state index contributed by atoms with van der Waals surface area (Å²) < 4.78 is 7.45. The van der Waals surface area contributed by atoms with E-state index in [1.807, 2.05) is 43.3 Å². The Hall–Kier alpha value is -2.82.